The first kappa shape index (κ1) is 20.4. The molecule has 0 spiro atoms. The number of unbranched alkanes of at least 4 members (excludes halogenated alkanes) is 6. The Hall–Kier alpha value is -1.96. The topological polar surface area (TPSA) is 40.5 Å². The van der Waals surface area contributed by atoms with Gasteiger partial charge in [-0.25, -0.2) is 0 Å². The number of phenols is 2. The molecule has 0 aromatic heterocycles. The van der Waals surface area contributed by atoms with E-state index in [0.29, 0.717) is 11.5 Å². The van der Waals surface area contributed by atoms with E-state index in [-0.39, 0.29) is 5.92 Å². The van der Waals surface area contributed by atoms with Gasteiger partial charge in [0.2, 0.25) is 0 Å². The molecule has 2 aromatic rings. The summed E-state index contributed by atoms with van der Waals surface area (Å²) in [6.07, 6.45) is 9.78. The van der Waals surface area contributed by atoms with Crippen molar-refractivity contribution in [1.82, 2.24) is 0 Å². The highest BCUT2D eigenvalue weighted by Gasteiger charge is 2.21. The number of hydrogen-bond donors (Lipinski definition) is 2. The predicted octanol–water partition coefficient (Wildman–Crippen LogP) is 6.99. The lowest BCUT2D eigenvalue weighted by Crippen LogP contribution is -2.04. The summed E-state index contributed by atoms with van der Waals surface area (Å²) in [5, 5.41) is 21.2. The van der Waals surface area contributed by atoms with E-state index in [1.165, 1.54) is 38.5 Å². The minimum absolute atomic E-state index is 0.0328. The molecular formula is C24H34O2. The van der Waals surface area contributed by atoms with Crippen molar-refractivity contribution >= 4 is 0 Å². The van der Waals surface area contributed by atoms with Crippen LogP contribution in [0.1, 0.15) is 86.5 Å². The van der Waals surface area contributed by atoms with Gasteiger partial charge in [0.1, 0.15) is 11.5 Å². The average molecular weight is 355 g/mol. The standard InChI is InChI=1S/C24H34O2/c1-4-5-6-7-8-9-10-15-20(21-16-11-13-18(2)23(21)25)22-17-12-14-19(3)24(22)26/h11-14,16-17,20,25-26H,4-10,15H2,1-3H3. The van der Waals surface area contributed by atoms with Crippen LogP contribution in [-0.2, 0) is 0 Å². The molecule has 142 valence electrons. The average Bonchev–Trinajstić information content (AvgIpc) is 2.63. The van der Waals surface area contributed by atoms with Gasteiger partial charge in [-0.2, -0.15) is 0 Å². The van der Waals surface area contributed by atoms with Crippen LogP contribution in [0.25, 0.3) is 0 Å². The zero-order chi connectivity index (χ0) is 18.9. The zero-order valence-corrected chi connectivity index (χ0v) is 16.6. The Morgan fingerprint density at radius 2 is 1.15 bits per heavy atom. The van der Waals surface area contributed by atoms with Crippen molar-refractivity contribution in [3.8, 4) is 11.5 Å². The maximum absolute atomic E-state index is 10.6. The summed E-state index contributed by atoms with van der Waals surface area (Å²) in [4.78, 5) is 0. The number of aryl methyl sites for hydroxylation is 2. The van der Waals surface area contributed by atoms with Crippen molar-refractivity contribution in [3.05, 3.63) is 58.7 Å². The van der Waals surface area contributed by atoms with Crippen molar-refractivity contribution in [2.24, 2.45) is 0 Å². The lowest BCUT2D eigenvalue weighted by Gasteiger charge is -2.22. The summed E-state index contributed by atoms with van der Waals surface area (Å²) in [5.41, 5.74) is 3.63. The number of aromatic hydroxyl groups is 2. The molecule has 2 N–H and O–H groups in total. The smallest absolute Gasteiger partial charge is 0.122 e. The van der Waals surface area contributed by atoms with E-state index in [2.05, 4.69) is 6.92 Å². The van der Waals surface area contributed by atoms with Crippen LogP contribution in [0.3, 0.4) is 0 Å². The molecule has 0 bridgehead atoms. The number of benzene rings is 2. The van der Waals surface area contributed by atoms with Gasteiger partial charge in [-0.15, -0.1) is 0 Å². The van der Waals surface area contributed by atoms with Crippen molar-refractivity contribution in [1.29, 1.82) is 0 Å². The van der Waals surface area contributed by atoms with E-state index in [0.717, 1.165) is 35.1 Å². The molecule has 0 saturated carbocycles. The number of phenolic OH excluding ortho intramolecular Hbond substituents is 2. The molecule has 2 rings (SSSR count). The van der Waals surface area contributed by atoms with E-state index in [1.807, 2.05) is 50.2 Å². The van der Waals surface area contributed by atoms with Crippen molar-refractivity contribution in [2.45, 2.75) is 78.1 Å². The second kappa shape index (κ2) is 10.3. The Morgan fingerprint density at radius 1 is 0.692 bits per heavy atom. The van der Waals surface area contributed by atoms with Crippen LogP contribution in [0, 0.1) is 13.8 Å². The third-order valence-electron chi connectivity index (χ3n) is 5.39. The Labute approximate surface area is 158 Å². The Balaban J connectivity index is 2.15. The highest BCUT2D eigenvalue weighted by Crippen LogP contribution is 2.41. The van der Waals surface area contributed by atoms with E-state index < -0.39 is 0 Å². The minimum Gasteiger partial charge on any atom is -0.507 e. The second-order valence-electron chi connectivity index (χ2n) is 7.49. The third kappa shape index (κ3) is 5.27. The summed E-state index contributed by atoms with van der Waals surface area (Å²) in [7, 11) is 0. The van der Waals surface area contributed by atoms with Gasteiger partial charge in [-0.05, 0) is 31.4 Å². The monoisotopic (exact) mass is 354 g/mol. The fraction of sp³-hybridized carbons (Fsp3) is 0.500. The van der Waals surface area contributed by atoms with Crippen LogP contribution >= 0.6 is 0 Å². The summed E-state index contributed by atoms with van der Waals surface area (Å²) < 4.78 is 0. The first-order valence-corrected chi connectivity index (χ1v) is 10.1. The largest absolute Gasteiger partial charge is 0.507 e. The van der Waals surface area contributed by atoms with Gasteiger partial charge in [0, 0.05) is 17.0 Å². The second-order valence-corrected chi connectivity index (χ2v) is 7.49. The fourth-order valence-corrected chi connectivity index (χ4v) is 3.71. The minimum atomic E-state index is 0.0328. The molecule has 2 heteroatoms. The van der Waals surface area contributed by atoms with Gasteiger partial charge in [0.05, 0.1) is 0 Å². The molecule has 0 radical (unpaired) electrons. The summed E-state index contributed by atoms with van der Waals surface area (Å²) in [6.45, 7) is 6.10. The van der Waals surface area contributed by atoms with Crippen molar-refractivity contribution < 1.29 is 10.2 Å². The molecule has 0 saturated heterocycles. The van der Waals surface area contributed by atoms with Crippen molar-refractivity contribution in [2.75, 3.05) is 0 Å². The van der Waals surface area contributed by atoms with E-state index >= 15 is 0 Å². The molecule has 0 aliphatic rings. The molecule has 0 atom stereocenters. The normalized spacial score (nSPS) is 11.2. The van der Waals surface area contributed by atoms with Crippen LogP contribution in [-0.4, -0.2) is 10.2 Å². The van der Waals surface area contributed by atoms with E-state index in [9.17, 15) is 10.2 Å². The summed E-state index contributed by atoms with van der Waals surface area (Å²) in [6, 6.07) is 11.8. The molecule has 2 nitrogen and oxygen atoms in total. The molecule has 0 unspecified atom stereocenters. The molecule has 0 aliphatic carbocycles. The highest BCUT2D eigenvalue weighted by molar-refractivity contribution is 5.50. The van der Waals surface area contributed by atoms with Crippen LogP contribution in [0.2, 0.25) is 0 Å². The Morgan fingerprint density at radius 3 is 1.65 bits per heavy atom. The Bertz CT molecular complexity index is 639. The van der Waals surface area contributed by atoms with Crippen LogP contribution in [0.5, 0.6) is 11.5 Å². The molecular weight excluding hydrogens is 320 g/mol. The van der Waals surface area contributed by atoms with Crippen LogP contribution in [0.15, 0.2) is 36.4 Å². The van der Waals surface area contributed by atoms with Crippen LogP contribution in [0.4, 0.5) is 0 Å². The molecule has 0 aliphatic heterocycles. The summed E-state index contributed by atoms with van der Waals surface area (Å²) in [5.74, 6) is 0.758. The van der Waals surface area contributed by atoms with Gasteiger partial charge in [0.25, 0.3) is 0 Å². The first-order valence-electron chi connectivity index (χ1n) is 10.1. The molecule has 0 amide bonds. The highest BCUT2D eigenvalue weighted by atomic mass is 16.3. The quantitative estimate of drug-likeness (QED) is 0.451. The van der Waals surface area contributed by atoms with Gasteiger partial charge >= 0.3 is 0 Å². The van der Waals surface area contributed by atoms with Crippen LogP contribution < -0.4 is 0 Å². The van der Waals surface area contributed by atoms with Crippen molar-refractivity contribution in [3.63, 3.8) is 0 Å². The number of hydrogen-bond acceptors (Lipinski definition) is 2. The molecule has 0 fully saturated rings. The van der Waals surface area contributed by atoms with Gasteiger partial charge in [-0.1, -0.05) is 88.3 Å². The lowest BCUT2D eigenvalue weighted by molar-refractivity contribution is 0.443. The van der Waals surface area contributed by atoms with E-state index in [1.54, 1.807) is 0 Å². The molecule has 0 heterocycles. The first-order chi connectivity index (χ1) is 12.6. The number of rotatable bonds is 10. The third-order valence-corrected chi connectivity index (χ3v) is 5.39. The van der Waals surface area contributed by atoms with Gasteiger partial charge in [-0.3, -0.25) is 0 Å². The lowest BCUT2D eigenvalue weighted by atomic mass is 9.84. The summed E-state index contributed by atoms with van der Waals surface area (Å²) >= 11 is 0. The van der Waals surface area contributed by atoms with E-state index in [4.69, 9.17) is 0 Å². The fourth-order valence-electron chi connectivity index (χ4n) is 3.71. The SMILES string of the molecule is CCCCCCCCCC(c1cccc(C)c1O)c1cccc(C)c1O. The van der Waals surface area contributed by atoms with Gasteiger partial charge in [0.15, 0.2) is 0 Å². The maximum Gasteiger partial charge on any atom is 0.122 e. The number of para-hydroxylation sites is 2. The molecule has 2 aromatic carbocycles. The molecule has 26 heavy (non-hydrogen) atoms. The predicted molar refractivity (Wildman–Crippen MR) is 110 cm³/mol. The zero-order valence-electron chi connectivity index (χ0n) is 16.6. The van der Waals surface area contributed by atoms with Gasteiger partial charge < -0.3 is 10.2 Å². The Kier molecular flexibility index (Phi) is 8.03. The maximum atomic E-state index is 10.6.